The number of hydrogen-bond donors (Lipinski definition) is 1. The van der Waals surface area contributed by atoms with Gasteiger partial charge in [-0.2, -0.15) is 4.31 Å². The number of rotatable bonds is 6. The van der Waals surface area contributed by atoms with Crippen LogP contribution in [0, 0.1) is 24.0 Å². The first kappa shape index (κ1) is 20.2. The van der Waals surface area contributed by atoms with Crippen molar-refractivity contribution in [3.05, 3.63) is 57.4 Å². The third-order valence-corrected chi connectivity index (χ3v) is 6.71. The summed E-state index contributed by atoms with van der Waals surface area (Å²) in [6, 6.07) is 6.87. The fourth-order valence-corrected chi connectivity index (χ4v) is 4.80. The summed E-state index contributed by atoms with van der Waals surface area (Å²) in [5.41, 5.74) is 2.15. The number of aromatic nitrogens is 1. The van der Waals surface area contributed by atoms with Gasteiger partial charge >= 0.3 is 0 Å². The monoisotopic (exact) mass is 406 g/mol. The van der Waals surface area contributed by atoms with Crippen LogP contribution in [0.25, 0.3) is 0 Å². The summed E-state index contributed by atoms with van der Waals surface area (Å²) in [6.07, 6.45) is 0. The molecule has 1 N–H and O–H groups in total. The van der Waals surface area contributed by atoms with E-state index in [1.165, 1.54) is 22.5 Å². The number of aryl methyl sites for hydroxylation is 2. The second-order valence-corrected chi connectivity index (χ2v) is 8.79. The number of Topliss-reactive ketones (excluding diaryl/α,β-unsaturated/α-hetero) is 1. The Hall–Kier alpha value is -2.56. The number of sulfonamides is 1. The number of carbonyl (C=O) groups excluding carboxylic acids is 1. The number of aromatic amines is 1. The number of nitro benzene ring substituents is 1. The molecule has 2 aromatic rings. The van der Waals surface area contributed by atoms with Crippen LogP contribution in [0.4, 0.5) is 5.69 Å². The van der Waals surface area contributed by atoms with Gasteiger partial charge in [0.25, 0.3) is 5.69 Å². The molecule has 3 rings (SSSR count). The molecule has 0 radical (unpaired) electrons. The van der Waals surface area contributed by atoms with E-state index in [0.717, 1.165) is 17.5 Å². The average Bonchev–Trinajstić information content (AvgIpc) is 3.00. The first-order valence-corrected chi connectivity index (χ1v) is 10.3. The molecule has 1 aliphatic heterocycles. The molecule has 0 aliphatic carbocycles. The molecule has 1 aromatic carbocycles. The van der Waals surface area contributed by atoms with E-state index in [9.17, 15) is 23.3 Å². The molecule has 1 aromatic heterocycles. The third kappa shape index (κ3) is 4.13. The van der Waals surface area contributed by atoms with Crippen molar-refractivity contribution in [2.75, 3.05) is 32.7 Å². The van der Waals surface area contributed by atoms with E-state index >= 15 is 0 Å². The Morgan fingerprint density at radius 1 is 1.18 bits per heavy atom. The van der Waals surface area contributed by atoms with Crippen molar-refractivity contribution < 1.29 is 18.1 Å². The quantitative estimate of drug-likeness (QED) is 0.444. The Bertz CT molecular complexity index is 1010. The minimum absolute atomic E-state index is 0.00292. The lowest BCUT2D eigenvalue weighted by Crippen LogP contribution is -2.49. The summed E-state index contributed by atoms with van der Waals surface area (Å²) < 4.78 is 26.9. The van der Waals surface area contributed by atoms with Crippen LogP contribution in [0.3, 0.4) is 0 Å². The van der Waals surface area contributed by atoms with Gasteiger partial charge in [0.1, 0.15) is 0 Å². The molecular weight excluding hydrogens is 384 g/mol. The maximum atomic E-state index is 12.8. The highest BCUT2D eigenvalue weighted by Gasteiger charge is 2.30. The number of nitrogens with zero attached hydrogens (tertiary/aromatic N) is 3. The van der Waals surface area contributed by atoms with E-state index in [2.05, 4.69) is 4.98 Å². The Morgan fingerprint density at radius 2 is 1.86 bits per heavy atom. The first-order chi connectivity index (χ1) is 13.2. The molecule has 0 amide bonds. The molecule has 1 saturated heterocycles. The number of nitro groups is 1. The van der Waals surface area contributed by atoms with Gasteiger partial charge in [-0.05, 0) is 26.0 Å². The fraction of sp³-hybridized carbons (Fsp3) is 0.389. The molecule has 0 atom stereocenters. The Labute approximate surface area is 163 Å². The van der Waals surface area contributed by atoms with Gasteiger partial charge in [0, 0.05) is 55.3 Å². The van der Waals surface area contributed by atoms with E-state index < -0.39 is 14.9 Å². The van der Waals surface area contributed by atoms with Crippen molar-refractivity contribution >= 4 is 21.5 Å². The van der Waals surface area contributed by atoms with Crippen LogP contribution in [-0.4, -0.2) is 66.0 Å². The lowest BCUT2D eigenvalue weighted by Gasteiger charge is -2.33. The number of non-ortho nitro benzene ring substituents is 1. The van der Waals surface area contributed by atoms with Crippen LogP contribution in [0.5, 0.6) is 0 Å². The summed E-state index contributed by atoms with van der Waals surface area (Å²) in [7, 11) is -3.81. The predicted molar refractivity (Wildman–Crippen MR) is 103 cm³/mol. The molecule has 0 unspecified atom stereocenters. The maximum absolute atomic E-state index is 12.8. The summed E-state index contributed by atoms with van der Waals surface area (Å²) in [4.78, 5) is 27.7. The van der Waals surface area contributed by atoms with Crippen molar-refractivity contribution in [2.24, 2.45) is 0 Å². The molecule has 1 aliphatic rings. The fourth-order valence-electron chi connectivity index (χ4n) is 3.34. The first-order valence-electron chi connectivity index (χ1n) is 8.85. The van der Waals surface area contributed by atoms with Gasteiger partial charge in [0.2, 0.25) is 10.0 Å². The second-order valence-electron chi connectivity index (χ2n) is 6.85. The topological polar surface area (TPSA) is 117 Å². The summed E-state index contributed by atoms with van der Waals surface area (Å²) in [5.74, 6) is -0.00292. The van der Waals surface area contributed by atoms with Gasteiger partial charge in [-0.1, -0.05) is 6.07 Å². The molecule has 1 fully saturated rings. The molecular formula is C18H22N4O5S. The van der Waals surface area contributed by atoms with Crippen molar-refractivity contribution in [1.82, 2.24) is 14.2 Å². The number of nitrogens with one attached hydrogen (secondary N) is 1. The number of benzene rings is 1. The maximum Gasteiger partial charge on any atom is 0.270 e. The van der Waals surface area contributed by atoms with Gasteiger partial charge in [0.15, 0.2) is 5.78 Å². The third-order valence-electron chi connectivity index (χ3n) is 4.81. The molecule has 10 heteroatoms. The highest BCUT2D eigenvalue weighted by Crippen LogP contribution is 2.22. The van der Waals surface area contributed by atoms with E-state index in [4.69, 9.17) is 0 Å². The van der Waals surface area contributed by atoms with Gasteiger partial charge in [-0.3, -0.25) is 19.8 Å². The SMILES string of the molecule is Cc1cc(C(=O)CN2CCN(S(=O)(=O)c3cccc([N+](=O)[O-])c3)CC2)c(C)[nH]1. The highest BCUT2D eigenvalue weighted by molar-refractivity contribution is 7.89. The van der Waals surface area contributed by atoms with E-state index in [-0.39, 0.29) is 36.0 Å². The zero-order valence-electron chi connectivity index (χ0n) is 15.7. The van der Waals surface area contributed by atoms with E-state index in [1.54, 1.807) is 0 Å². The number of H-pyrrole nitrogens is 1. The molecule has 28 heavy (non-hydrogen) atoms. The number of ketones is 1. The van der Waals surface area contributed by atoms with Gasteiger partial charge < -0.3 is 4.98 Å². The van der Waals surface area contributed by atoms with E-state index in [1.807, 2.05) is 24.8 Å². The standard InChI is InChI=1S/C18H22N4O5S/c1-13-10-17(14(2)19-13)18(23)12-20-6-8-21(9-7-20)28(26,27)16-5-3-4-15(11-16)22(24)25/h3-5,10-11,19H,6-9,12H2,1-2H3. The number of hydrogen-bond acceptors (Lipinski definition) is 6. The summed E-state index contributed by atoms with van der Waals surface area (Å²) in [5, 5.41) is 10.9. The zero-order chi connectivity index (χ0) is 20.5. The zero-order valence-corrected chi connectivity index (χ0v) is 16.5. The Balaban J connectivity index is 1.64. The normalized spacial score (nSPS) is 16.2. The van der Waals surface area contributed by atoms with Crippen LogP contribution in [0.15, 0.2) is 35.2 Å². The summed E-state index contributed by atoms with van der Waals surface area (Å²) in [6.45, 7) is 5.26. The van der Waals surface area contributed by atoms with Gasteiger partial charge in [-0.15, -0.1) is 0 Å². The molecule has 2 heterocycles. The van der Waals surface area contributed by atoms with E-state index in [0.29, 0.717) is 18.7 Å². The largest absolute Gasteiger partial charge is 0.362 e. The molecule has 150 valence electrons. The second kappa shape index (κ2) is 7.82. The lowest BCUT2D eigenvalue weighted by molar-refractivity contribution is -0.385. The number of piperazine rings is 1. The Kier molecular flexibility index (Phi) is 5.64. The number of carbonyl (C=O) groups is 1. The lowest BCUT2D eigenvalue weighted by atomic mass is 10.1. The van der Waals surface area contributed by atoms with Gasteiger partial charge in [0.05, 0.1) is 16.4 Å². The van der Waals surface area contributed by atoms with Crippen molar-refractivity contribution in [3.8, 4) is 0 Å². The highest BCUT2D eigenvalue weighted by atomic mass is 32.2. The van der Waals surface area contributed by atoms with Gasteiger partial charge in [-0.25, -0.2) is 8.42 Å². The molecule has 0 spiro atoms. The molecule has 9 nitrogen and oxygen atoms in total. The summed E-state index contributed by atoms with van der Waals surface area (Å²) >= 11 is 0. The van der Waals surface area contributed by atoms with Crippen LogP contribution >= 0.6 is 0 Å². The van der Waals surface area contributed by atoms with Crippen molar-refractivity contribution in [3.63, 3.8) is 0 Å². The van der Waals surface area contributed by atoms with Crippen LogP contribution in [0.1, 0.15) is 21.7 Å². The molecule has 0 saturated carbocycles. The molecule has 0 bridgehead atoms. The minimum Gasteiger partial charge on any atom is -0.362 e. The minimum atomic E-state index is -3.81. The van der Waals surface area contributed by atoms with Crippen molar-refractivity contribution in [2.45, 2.75) is 18.7 Å². The van der Waals surface area contributed by atoms with Crippen LogP contribution in [0.2, 0.25) is 0 Å². The van der Waals surface area contributed by atoms with Crippen LogP contribution < -0.4 is 0 Å². The predicted octanol–water partition coefficient (Wildman–Crippen LogP) is 1.73. The average molecular weight is 406 g/mol. The Morgan fingerprint density at radius 3 is 2.43 bits per heavy atom. The van der Waals surface area contributed by atoms with Crippen molar-refractivity contribution in [1.29, 1.82) is 0 Å². The van der Waals surface area contributed by atoms with Crippen LogP contribution in [-0.2, 0) is 10.0 Å². The smallest absolute Gasteiger partial charge is 0.270 e.